The van der Waals surface area contributed by atoms with Gasteiger partial charge in [0.25, 0.3) is 0 Å². The third-order valence-corrected chi connectivity index (χ3v) is 4.25. The first-order valence-electron chi connectivity index (χ1n) is 7.06. The molecule has 0 N–H and O–H groups in total. The van der Waals surface area contributed by atoms with Gasteiger partial charge >= 0.3 is 4.87 Å². The summed E-state index contributed by atoms with van der Waals surface area (Å²) in [6.45, 7) is 3.63. The van der Waals surface area contributed by atoms with Gasteiger partial charge in [-0.1, -0.05) is 11.3 Å². The number of carbonyl (C=O) groups is 1. The minimum Gasteiger partial charge on any atom is -0.467 e. The van der Waals surface area contributed by atoms with Gasteiger partial charge in [-0.3, -0.25) is 9.59 Å². The Kier molecular flexibility index (Phi) is 5.97. The number of aryl methyl sites for hydroxylation is 1. The van der Waals surface area contributed by atoms with E-state index in [1.807, 2.05) is 13.0 Å². The average molecular weight is 324 g/mol. The maximum atomic E-state index is 12.4. The summed E-state index contributed by atoms with van der Waals surface area (Å²) in [4.78, 5) is 25.7. The van der Waals surface area contributed by atoms with E-state index in [9.17, 15) is 9.59 Å². The quantitative estimate of drug-likeness (QED) is 0.744. The number of rotatable bonds is 8. The molecule has 0 spiro atoms. The van der Waals surface area contributed by atoms with Crippen LogP contribution < -0.4 is 4.87 Å². The summed E-state index contributed by atoms with van der Waals surface area (Å²) in [5, 5.41) is 1.80. The molecule has 0 bridgehead atoms. The van der Waals surface area contributed by atoms with Gasteiger partial charge in [0.2, 0.25) is 5.91 Å². The normalized spacial score (nSPS) is 10.8. The molecule has 2 heterocycles. The highest BCUT2D eigenvalue weighted by molar-refractivity contribution is 7.07. The molecule has 120 valence electrons. The highest BCUT2D eigenvalue weighted by Crippen LogP contribution is 2.08. The Hall–Kier alpha value is -1.86. The van der Waals surface area contributed by atoms with Crippen LogP contribution in [0, 0.1) is 6.92 Å². The van der Waals surface area contributed by atoms with Gasteiger partial charge < -0.3 is 18.6 Å². The first-order chi connectivity index (χ1) is 10.6. The van der Waals surface area contributed by atoms with Crippen LogP contribution in [0.25, 0.3) is 0 Å². The Morgan fingerprint density at radius 2 is 2.32 bits per heavy atom. The van der Waals surface area contributed by atoms with Crippen LogP contribution in [-0.4, -0.2) is 35.6 Å². The number of ether oxygens (including phenoxy) is 1. The zero-order chi connectivity index (χ0) is 15.9. The number of nitrogens with zero attached hydrogens (tertiary/aromatic N) is 2. The molecule has 2 aromatic heterocycles. The summed E-state index contributed by atoms with van der Waals surface area (Å²) >= 11 is 1.16. The highest BCUT2D eigenvalue weighted by atomic mass is 32.1. The molecule has 2 aromatic rings. The summed E-state index contributed by atoms with van der Waals surface area (Å²) in [5.74, 6) is 0.708. The Morgan fingerprint density at radius 1 is 1.50 bits per heavy atom. The molecule has 22 heavy (non-hydrogen) atoms. The van der Waals surface area contributed by atoms with Gasteiger partial charge in [-0.05, 0) is 19.1 Å². The first kappa shape index (κ1) is 16.5. The highest BCUT2D eigenvalue weighted by Gasteiger charge is 2.16. The smallest absolute Gasteiger partial charge is 0.307 e. The van der Waals surface area contributed by atoms with E-state index in [4.69, 9.17) is 9.15 Å². The van der Waals surface area contributed by atoms with Crippen LogP contribution in [-0.2, 0) is 22.6 Å². The van der Waals surface area contributed by atoms with Crippen molar-refractivity contribution in [1.29, 1.82) is 0 Å². The number of amides is 1. The molecule has 0 aliphatic heterocycles. The van der Waals surface area contributed by atoms with E-state index in [0.717, 1.165) is 22.8 Å². The minimum absolute atomic E-state index is 0.0223. The molecule has 6 nitrogen and oxygen atoms in total. The van der Waals surface area contributed by atoms with Crippen LogP contribution >= 0.6 is 11.3 Å². The van der Waals surface area contributed by atoms with Crippen molar-refractivity contribution in [3.05, 3.63) is 44.9 Å². The molecule has 0 saturated carbocycles. The maximum Gasteiger partial charge on any atom is 0.307 e. The van der Waals surface area contributed by atoms with Gasteiger partial charge in [0.1, 0.15) is 5.76 Å². The van der Waals surface area contributed by atoms with Crippen molar-refractivity contribution < 1.29 is 13.9 Å². The van der Waals surface area contributed by atoms with Crippen molar-refractivity contribution in [2.75, 3.05) is 20.3 Å². The van der Waals surface area contributed by atoms with Crippen LogP contribution in [0.5, 0.6) is 0 Å². The number of aromatic nitrogens is 1. The van der Waals surface area contributed by atoms with E-state index in [1.165, 1.54) is 0 Å². The second-order valence-corrected chi connectivity index (χ2v) is 5.75. The molecule has 0 radical (unpaired) electrons. The van der Waals surface area contributed by atoms with Gasteiger partial charge in [0.15, 0.2) is 0 Å². The summed E-state index contributed by atoms with van der Waals surface area (Å²) < 4.78 is 12.0. The molecule has 1 amide bonds. The van der Waals surface area contributed by atoms with Crippen LogP contribution in [0.4, 0.5) is 0 Å². The van der Waals surface area contributed by atoms with Gasteiger partial charge in [0.05, 0.1) is 19.4 Å². The summed E-state index contributed by atoms with van der Waals surface area (Å²) in [6.07, 6.45) is 1.87. The van der Waals surface area contributed by atoms with Gasteiger partial charge in [-0.15, -0.1) is 0 Å². The van der Waals surface area contributed by atoms with Gasteiger partial charge in [-0.25, -0.2) is 0 Å². The maximum absolute atomic E-state index is 12.4. The van der Waals surface area contributed by atoms with Crippen molar-refractivity contribution >= 4 is 17.2 Å². The Bertz CT molecular complexity index is 645. The lowest BCUT2D eigenvalue weighted by Crippen LogP contribution is -2.34. The van der Waals surface area contributed by atoms with Crippen LogP contribution in [0.15, 0.2) is 33.0 Å². The molecule has 0 aliphatic carbocycles. The van der Waals surface area contributed by atoms with Crippen molar-refractivity contribution in [1.82, 2.24) is 9.47 Å². The SMILES string of the molecule is COCCN(Cc1ccco1)C(=O)CCn1c(C)csc1=O. The van der Waals surface area contributed by atoms with Crippen molar-refractivity contribution in [3.63, 3.8) is 0 Å². The van der Waals surface area contributed by atoms with Crippen molar-refractivity contribution in [2.45, 2.75) is 26.4 Å². The number of thiazole rings is 1. The van der Waals surface area contributed by atoms with E-state index in [2.05, 4.69) is 0 Å². The Labute approximate surface area is 132 Å². The number of methoxy groups -OCH3 is 1. The molecule has 0 aromatic carbocycles. The molecule has 0 saturated heterocycles. The summed E-state index contributed by atoms with van der Waals surface area (Å²) in [6, 6.07) is 3.63. The van der Waals surface area contributed by atoms with Crippen molar-refractivity contribution in [2.24, 2.45) is 0 Å². The number of hydrogen-bond acceptors (Lipinski definition) is 5. The number of furan rings is 1. The Morgan fingerprint density at radius 3 is 2.91 bits per heavy atom. The van der Waals surface area contributed by atoms with E-state index < -0.39 is 0 Å². The molecule has 0 atom stereocenters. The van der Waals surface area contributed by atoms with E-state index in [0.29, 0.717) is 26.2 Å². The number of hydrogen-bond donors (Lipinski definition) is 0. The first-order valence-corrected chi connectivity index (χ1v) is 7.94. The van der Waals surface area contributed by atoms with Crippen LogP contribution in [0.2, 0.25) is 0 Å². The lowest BCUT2D eigenvalue weighted by Gasteiger charge is -2.21. The van der Waals surface area contributed by atoms with Crippen LogP contribution in [0.1, 0.15) is 17.9 Å². The van der Waals surface area contributed by atoms with Gasteiger partial charge in [-0.2, -0.15) is 0 Å². The average Bonchev–Trinajstić information content (AvgIpc) is 3.12. The third-order valence-electron chi connectivity index (χ3n) is 3.37. The fourth-order valence-corrected chi connectivity index (χ4v) is 2.89. The monoisotopic (exact) mass is 324 g/mol. The third kappa shape index (κ3) is 4.32. The summed E-state index contributed by atoms with van der Waals surface area (Å²) in [5.41, 5.74) is 0.886. The standard InChI is InChI=1S/C15H20N2O4S/c1-12-11-22-15(19)17(12)6-5-14(18)16(7-9-20-2)10-13-4-3-8-21-13/h3-4,8,11H,5-7,9-10H2,1-2H3. The van der Waals surface area contributed by atoms with E-state index in [1.54, 1.807) is 34.3 Å². The second kappa shape index (κ2) is 7.95. The summed E-state index contributed by atoms with van der Waals surface area (Å²) in [7, 11) is 1.60. The molecule has 0 aliphatic rings. The predicted octanol–water partition coefficient (Wildman–Crippen LogP) is 1.88. The predicted molar refractivity (Wildman–Crippen MR) is 83.9 cm³/mol. The Balaban J connectivity index is 1.97. The fraction of sp³-hybridized carbons (Fsp3) is 0.467. The lowest BCUT2D eigenvalue weighted by molar-refractivity contribution is -0.133. The molecule has 2 rings (SSSR count). The second-order valence-electron chi connectivity index (χ2n) is 4.93. The molecular formula is C15H20N2O4S. The largest absolute Gasteiger partial charge is 0.467 e. The molecule has 7 heteroatoms. The van der Waals surface area contributed by atoms with Gasteiger partial charge in [0, 0.05) is 37.7 Å². The van der Waals surface area contributed by atoms with Crippen molar-refractivity contribution in [3.8, 4) is 0 Å². The lowest BCUT2D eigenvalue weighted by atomic mass is 10.3. The molecule has 0 unspecified atom stereocenters. The number of carbonyl (C=O) groups excluding carboxylic acids is 1. The van der Waals surface area contributed by atoms with E-state index in [-0.39, 0.29) is 17.2 Å². The molecular weight excluding hydrogens is 304 g/mol. The topological polar surface area (TPSA) is 64.7 Å². The fourth-order valence-electron chi connectivity index (χ4n) is 2.12. The minimum atomic E-state index is -0.0280. The zero-order valence-corrected chi connectivity index (χ0v) is 13.6. The van der Waals surface area contributed by atoms with Crippen LogP contribution in [0.3, 0.4) is 0 Å². The van der Waals surface area contributed by atoms with E-state index >= 15 is 0 Å². The molecule has 0 fully saturated rings. The zero-order valence-electron chi connectivity index (χ0n) is 12.8.